The smallest absolute Gasteiger partial charge is 0.320 e. The Morgan fingerprint density at radius 1 is 0.971 bits per heavy atom. The molecule has 1 unspecified atom stereocenters. The van der Waals surface area contributed by atoms with Gasteiger partial charge >= 0.3 is 5.97 Å². The fraction of sp³-hybridized carbons (Fsp3) is 0.250. The maximum Gasteiger partial charge on any atom is 0.320 e. The van der Waals surface area contributed by atoms with Crippen LogP contribution in [0.25, 0.3) is 11.1 Å². The molecule has 1 fully saturated rings. The maximum atomic E-state index is 13.5. The van der Waals surface area contributed by atoms with E-state index in [4.69, 9.17) is 0 Å². The standard InChI is InChI=1S/C28H25BrN2O4/c1-17-20(18-8-3-2-4-9-18)10-7-12-24(17)31-26(32)21-14-19(23(29)15-22(21)27(31)33)16-30-13-6-5-11-25(30)28(34)35/h2-4,7-10,12,14-15,25H,5-6,11,13,16H2,1H3,(H,34,35). The molecule has 2 aliphatic heterocycles. The minimum Gasteiger partial charge on any atom is -0.480 e. The molecule has 1 saturated heterocycles. The third-order valence-electron chi connectivity index (χ3n) is 6.96. The third kappa shape index (κ3) is 4.19. The zero-order valence-corrected chi connectivity index (χ0v) is 20.9. The lowest BCUT2D eigenvalue weighted by molar-refractivity contribution is -0.144. The Balaban J connectivity index is 1.49. The minimum absolute atomic E-state index is 0.349. The number of likely N-dealkylation sites (tertiary alicyclic amines) is 1. The second kappa shape index (κ2) is 9.40. The van der Waals surface area contributed by atoms with Gasteiger partial charge in [-0.1, -0.05) is 64.8 Å². The molecule has 0 aromatic heterocycles. The summed E-state index contributed by atoms with van der Waals surface area (Å²) in [4.78, 5) is 41.8. The van der Waals surface area contributed by atoms with Gasteiger partial charge in [-0.15, -0.1) is 0 Å². The Labute approximate surface area is 212 Å². The zero-order chi connectivity index (χ0) is 24.7. The number of hydrogen-bond acceptors (Lipinski definition) is 4. The van der Waals surface area contributed by atoms with Crippen LogP contribution in [0.2, 0.25) is 0 Å². The van der Waals surface area contributed by atoms with Crippen LogP contribution >= 0.6 is 15.9 Å². The number of carboxylic acid groups (broad SMARTS) is 1. The summed E-state index contributed by atoms with van der Waals surface area (Å²) in [6.45, 7) is 3.00. The number of carbonyl (C=O) groups excluding carboxylic acids is 2. The largest absolute Gasteiger partial charge is 0.480 e. The molecule has 3 aromatic carbocycles. The second-order valence-electron chi connectivity index (χ2n) is 9.07. The van der Waals surface area contributed by atoms with Gasteiger partial charge in [0.05, 0.1) is 16.8 Å². The van der Waals surface area contributed by atoms with Crippen molar-refractivity contribution in [3.8, 4) is 11.1 Å². The summed E-state index contributed by atoms with van der Waals surface area (Å²) in [5.74, 6) is -1.54. The van der Waals surface area contributed by atoms with E-state index in [9.17, 15) is 19.5 Å². The van der Waals surface area contributed by atoms with Crippen LogP contribution in [0.1, 0.15) is 51.1 Å². The molecule has 178 valence electrons. The van der Waals surface area contributed by atoms with E-state index in [2.05, 4.69) is 15.9 Å². The van der Waals surface area contributed by atoms with E-state index in [0.29, 0.717) is 40.8 Å². The number of piperidine rings is 1. The summed E-state index contributed by atoms with van der Waals surface area (Å²) in [6.07, 6.45) is 2.44. The van der Waals surface area contributed by atoms with Crippen molar-refractivity contribution >= 4 is 39.4 Å². The van der Waals surface area contributed by atoms with E-state index < -0.39 is 12.0 Å². The second-order valence-corrected chi connectivity index (χ2v) is 9.93. The summed E-state index contributed by atoms with van der Waals surface area (Å²) in [7, 11) is 0. The van der Waals surface area contributed by atoms with Gasteiger partial charge in [0.1, 0.15) is 6.04 Å². The number of halogens is 1. The summed E-state index contributed by atoms with van der Waals surface area (Å²) in [5, 5.41) is 9.62. The molecule has 2 amide bonds. The predicted octanol–water partition coefficient (Wildman–Crippen LogP) is 5.66. The first-order valence-corrected chi connectivity index (χ1v) is 12.5. The lowest BCUT2D eigenvalue weighted by atomic mass is 9.99. The molecule has 0 saturated carbocycles. The molecule has 0 radical (unpaired) electrons. The van der Waals surface area contributed by atoms with E-state index in [1.807, 2.05) is 54.3 Å². The lowest BCUT2D eigenvalue weighted by Crippen LogP contribution is -2.44. The molecule has 2 heterocycles. The normalized spacial score (nSPS) is 18.1. The van der Waals surface area contributed by atoms with Crippen molar-refractivity contribution in [3.05, 3.63) is 87.4 Å². The highest BCUT2D eigenvalue weighted by molar-refractivity contribution is 9.10. The van der Waals surface area contributed by atoms with Gasteiger partial charge in [-0.05, 0) is 66.8 Å². The molecule has 5 rings (SSSR count). The average Bonchev–Trinajstić information content (AvgIpc) is 3.09. The van der Waals surface area contributed by atoms with Crippen molar-refractivity contribution < 1.29 is 19.5 Å². The Morgan fingerprint density at radius 2 is 1.69 bits per heavy atom. The summed E-state index contributed by atoms with van der Waals surface area (Å²) < 4.78 is 0.698. The Hall–Kier alpha value is -3.29. The molecule has 3 aromatic rings. The van der Waals surface area contributed by atoms with Crippen LogP contribution in [0.4, 0.5) is 5.69 Å². The first-order valence-electron chi connectivity index (χ1n) is 11.7. The minimum atomic E-state index is -0.826. The fourth-order valence-corrected chi connectivity index (χ4v) is 5.59. The summed E-state index contributed by atoms with van der Waals surface area (Å²) in [5.41, 5.74) is 4.90. The van der Waals surface area contributed by atoms with Crippen molar-refractivity contribution in [2.24, 2.45) is 0 Å². The summed E-state index contributed by atoms with van der Waals surface area (Å²) >= 11 is 3.56. The number of imide groups is 1. The van der Waals surface area contributed by atoms with Crippen molar-refractivity contribution in [2.45, 2.75) is 38.8 Å². The molecule has 0 bridgehead atoms. The third-order valence-corrected chi connectivity index (χ3v) is 7.69. The van der Waals surface area contributed by atoms with Crippen LogP contribution in [0, 0.1) is 6.92 Å². The van der Waals surface area contributed by atoms with Gasteiger partial charge in [-0.3, -0.25) is 19.3 Å². The number of anilines is 1. The van der Waals surface area contributed by atoms with Gasteiger partial charge in [0.25, 0.3) is 11.8 Å². The topological polar surface area (TPSA) is 77.9 Å². The highest BCUT2D eigenvalue weighted by Crippen LogP contribution is 2.37. The van der Waals surface area contributed by atoms with Gasteiger partial charge < -0.3 is 5.11 Å². The quantitative estimate of drug-likeness (QED) is 0.428. The van der Waals surface area contributed by atoms with Crippen LogP contribution in [0.15, 0.2) is 65.1 Å². The van der Waals surface area contributed by atoms with Crippen LogP contribution < -0.4 is 4.90 Å². The predicted molar refractivity (Wildman–Crippen MR) is 138 cm³/mol. The van der Waals surface area contributed by atoms with E-state index in [1.54, 1.807) is 18.2 Å². The van der Waals surface area contributed by atoms with Crippen molar-refractivity contribution in [1.82, 2.24) is 4.90 Å². The van der Waals surface area contributed by atoms with Crippen LogP contribution in [0.3, 0.4) is 0 Å². The number of benzene rings is 3. The molecule has 1 atom stereocenters. The van der Waals surface area contributed by atoms with Crippen molar-refractivity contribution in [2.75, 3.05) is 11.4 Å². The van der Waals surface area contributed by atoms with Gasteiger partial charge in [-0.2, -0.15) is 0 Å². The van der Waals surface area contributed by atoms with Gasteiger partial charge in [0, 0.05) is 11.0 Å². The Morgan fingerprint density at radius 3 is 2.40 bits per heavy atom. The van der Waals surface area contributed by atoms with E-state index in [1.165, 1.54) is 4.90 Å². The molecular formula is C28H25BrN2O4. The van der Waals surface area contributed by atoms with E-state index in [0.717, 1.165) is 35.1 Å². The molecule has 0 aliphatic carbocycles. The lowest BCUT2D eigenvalue weighted by Gasteiger charge is -2.33. The number of rotatable bonds is 5. The van der Waals surface area contributed by atoms with Gasteiger partial charge in [-0.25, -0.2) is 4.90 Å². The summed E-state index contributed by atoms with van der Waals surface area (Å²) in [6, 6.07) is 18.4. The molecule has 1 N–H and O–H groups in total. The van der Waals surface area contributed by atoms with E-state index in [-0.39, 0.29) is 11.8 Å². The first-order chi connectivity index (χ1) is 16.9. The number of carbonyl (C=O) groups is 3. The number of hydrogen-bond donors (Lipinski definition) is 1. The van der Waals surface area contributed by atoms with Crippen LogP contribution in [-0.4, -0.2) is 40.4 Å². The van der Waals surface area contributed by atoms with Crippen LogP contribution in [-0.2, 0) is 11.3 Å². The molecule has 7 heteroatoms. The number of fused-ring (bicyclic) bond motifs is 1. The van der Waals surface area contributed by atoms with Gasteiger partial charge in [0.15, 0.2) is 0 Å². The highest BCUT2D eigenvalue weighted by Gasteiger charge is 2.39. The molecule has 6 nitrogen and oxygen atoms in total. The van der Waals surface area contributed by atoms with Crippen molar-refractivity contribution in [3.63, 3.8) is 0 Å². The average molecular weight is 533 g/mol. The molecule has 2 aliphatic rings. The molecular weight excluding hydrogens is 508 g/mol. The highest BCUT2D eigenvalue weighted by atomic mass is 79.9. The first kappa shape index (κ1) is 23.5. The fourth-order valence-electron chi connectivity index (χ4n) is 5.12. The number of aliphatic carboxylic acids is 1. The Kier molecular flexibility index (Phi) is 6.30. The van der Waals surface area contributed by atoms with E-state index >= 15 is 0 Å². The van der Waals surface area contributed by atoms with Gasteiger partial charge in [0.2, 0.25) is 0 Å². The maximum absolute atomic E-state index is 13.5. The molecule has 0 spiro atoms. The van der Waals surface area contributed by atoms with Crippen molar-refractivity contribution in [1.29, 1.82) is 0 Å². The SMILES string of the molecule is Cc1c(-c2ccccc2)cccc1N1C(=O)c2cc(Br)c(CN3CCCCC3C(=O)O)cc2C1=O. The monoisotopic (exact) mass is 532 g/mol. The Bertz CT molecular complexity index is 1340. The zero-order valence-electron chi connectivity index (χ0n) is 19.3. The van der Waals surface area contributed by atoms with Crippen LogP contribution in [0.5, 0.6) is 0 Å². The molecule has 35 heavy (non-hydrogen) atoms. The number of amides is 2. The number of carboxylic acids is 1. The number of nitrogens with zero attached hydrogens (tertiary/aromatic N) is 2.